The maximum atomic E-state index is 12.7. The van der Waals surface area contributed by atoms with Gasteiger partial charge in [0.15, 0.2) is 6.29 Å². The van der Waals surface area contributed by atoms with Crippen LogP contribution in [0.5, 0.6) is 0 Å². The Balaban J connectivity index is 2.20. The topological polar surface area (TPSA) is 70.2 Å². The zero-order valence-corrected chi connectivity index (χ0v) is 15.0. The van der Waals surface area contributed by atoms with Gasteiger partial charge in [-0.3, -0.25) is 4.79 Å². The van der Waals surface area contributed by atoms with E-state index in [9.17, 15) is 13.2 Å². The van der Waals surface area contributed by atoms with E-state index in [0.717, 1.165) is 17.4 Å². The van der Waals surface area contributed by atoms with Crippen LogP contribution in [-0.2, 0) is 10.0 Å². The predicted molar refractivity (Wildman–Crippen MR) is 99.2 cm³/mol. The van der Waals surface area contributed by atoms with E-state index in [1.54, 1.807) is 32.0 Å². The van der Waals surface area contributed by atoms with E-state index in [1.807, 2.05) is 30.3 Å². The number of aromatic nitrogens is 1. The number of aromatic amines is 1. The summed E-state index contributed by atoms with van der Waals surface area (Å²) >= 11 is 0. The van der Waals surface area contributed by atoms with E-state index in [1.165, 1.54) is 4.31 Å². The van der Waals surface area contributed by atoms with E-state index < -0.39 is 10.0 Å². The van der Waals surface area contributed by atoms with Gasteiger partial charge in [0.25, 0.3) is 0 Å². The number of hydrogen-bond donors (Lipinski definition) is 1. The highest BCUT2D eigenvalue weighted by molar-refractivity contribution is 7.89. The standard InChI is InChI=1S/C19H20N2O3S/c1-3-21(4-2)25(23,24)15-10-11-18-16(12-15)17(13-22)19(20-18)14-8-6-5-7-9-14/h5-13,20H,3-4H2,1-2H3. The van der Waals surface area contributed by atoms with E-state index >= 15 is 0 Å². The Morgan fingerprint density at radius 3 is 2.32 bits per heavy atom. The Bertz CT molecular complexity index is 1000. The number of carbonyl (C=O) groups is 1. The Hall–Kier alpha value is -2.44. The lowest BCUT2D eigenvalue weighted by atomic mass is 10.1. The summed E-state index contributed by atoms with van der Waals surface area (Å²) in [7, 11) is -3.57. The first-order chi connectivity index (χ1) is 12.0. The molecule has 25 heavy (non-hydrogen) atoms. The highest BCUT2D eigenvalue weighted by Gasteiger charge is 2.23. The van der Waals surface area contributed by atoms with Gasteiger partial charge in [-0.25, -0.2) is 8.42 Å². The summed E-state index contributed by atoms with van der Waals surface area (Å²) in [4.78, 5) is 15.1. The van der Waals surface area contributed by atoms with Crippen LogP contribution < -0.4 is 0 Å². The van der Waals surface area contributed by atoms with Crippen molar-refractivity contribution in [1.82, 2.24) is 9.29 Å². The molecular formula is C19H20N2O3S. The van der Waals surface area contributed by atoms with Crippen molar-refractivity contribution in [1.29, 1.82) is 0 Å². The van der Waals surface area contributed by atoms with Crippen molar-refractivity contribution in [2.24, 2.45) is 0 Å². The van der Waals surface area contributed by atoms with Gasteiger partial charge in [0.2, 0.25) is 10.0 Å². The number of rotatable bonds is 6. The molecule has 0 aliphatic carbocycles. The monoisotopic (exact) mass is 356 g/mol. The van der Waals surface area contributed by atoms with Gasteiger partial charge in [0.1, 0.15) is 0 Å². The zero-order valence-electron chi connectivity index (χ0n) is 14.2. The second-order valence-corrected chi connectivity index (χ2v) is 7.63. The van der Waals surface area contributed by atoms with E-state index in [0.29, 0.717) is 29.7 Å². The fourth-order valence-electron chi connectivity index (χ4n) is 3.02. The molecule has 1 N–H and O–H groups in total. The lowest BCUT2D eigenvalue weighted by Gasteiger charge is -2.18. The summed E-state index contributed by atoms with van der Waals surface area (Å²) in [5.74, 6) is 0. The molecule has 1 heterocycles. The fourth-order valence-corrected chi connectivity index (χ4v) is 4.50. The third-order valence-electron chi connectivity index (χ3n) is 4.33. The molecule has 3 rings (SSSR count). The van der Waals surface area contributed by atoms with Gasteiger partial charge < -0.3 is 4.98 Å². The lowest BCUT2D eigenvalue weighted by Crippen LogP contribution is -2.30. The molecule has 0 amide bonds. The van der Waals surface area contributed by atoms with Gasteiger partial charge in [0, 0.05) is 29.6 Å². The third kappa shape index (κ3) is 2.99. The molecule has 0 saturated heterocycles. The molecule has 0 spiro atoms. The molecule has 0 aliphatic heterocycles. The Morgan fingerprint density at radius 1 is 1.04 bits per heavy atom. The third-order valence-corrected chi connectivity index (χ3v) is 6.38. The number of carbonyl (C=O) groups excluding carboxylic acids is 1. The minimum Gasteiger partial charge on any atom is -0.354 e. The van der Waals surface area contributed by atoms with Crippen LogP contribution in [0.25, 0.3) is 22.2 Å². The molecule has 5 nitrogen and oxygen atoms in total. The number of sulfonamides is 1. The smallest absolute Gasteiger partial charge is 0.243 e. The minimum absolute atomic E-state index is 0.199. The van der Waals surface area contributed by atoms with E-state index in [4.69, 9.17) is 0 Å². The Kier molecular flexibility index (Phi) is 4.74. The number of aldehydes is 1. The molecule has 0 aliphatic rings. The number of nitrogens with zero attached hydrogens (tertiary/aromatic N) is 1. The number of H-pyrrole nitrogens is 1. The van der Waals surface area contributed by atoms with Gasteiger partial charge >= 0.3 is 0 Å². The quantitative estimate of drug-likeness (QED) is 0.685. The maximum absolute atomic E-state index is 12.7. The van der Waals surface area contributed by atoms with Gasteiger partial charge in [-0.1, -0.05) is 44.2 Å². The molecule has 0 fully saturated rings. The molecule has 1 aromatic heterocycles. The molecule has 130 valence electrons. The molecule has 0 bridgehead atoms. The maximum Gasteiger partial charge on any atom is 0.243 e. The van der Waals surface area contributed by atoms with Crippen LogP contribution in [0.4, 0.5) is 0 Å². The van der Waals surface area contributed by atoms with Crippen LogP contribution in [0, 0.1) is 0 Å². The highest BCUT2D eigenvalue weighted by Crippen LogP contribution is 2.31. The van der Waals surface area contributed by atoms with Crippen molar-refractivity contribution < 1.29 is 13.2 Å². The first-order valence-corrected chi connectivity index (χ1v) is 9.63. The van der Waals surface area contributed by atoms with Crippen LogP contribution in [0.15, 0.2) is 53.4 Å². The number of fused-ring (bicyclic) bond motifs is 1. The molecule has 0 radical (unpaired) electrons. The average molecular weight is 356 g/mol. The van der Waals surface area contributed by atoms with E-state index in [2.05, 4.69) is 4.98 Å². The first kappa shape index (κ1) is 17.4. The molecular weight excluding hydrogens is 336 g/mol. The molecule has 3 aromatic rings. The summed E-state index contributed by atoms with van der Waals surface area (Å²) in [6, 6.07) is 14.4. The normalized spacial score (nSPS) is 12.0. The average Bonchev–Trinajstić information content (AvgIpc) is 3.01. The lowest BCUT2D eigenvalue weighted by molar-refractivity contribution is 0.112. The SMILES string of the molecule is CCN(CC)S(=O)(=O)c1ccc2[nH]c(-c3ccccc3)c(C=O)c2c1. The zero-order chi connectivity index (χ0) is 18.0. The molecule has 2 aromatic carbocycles. The second kappa shape index (κ2) is 6.82. The second-order valence-electron chi connectivity index (χ2n) is 5.69. The van der Waals surface area contributed by atoms with Crippen molar-refractivity contribution >= 4 is 27.2 Å². The summed E-state index contributed by atoms with van der Waals surface area (Å²) in [6.07, 6.45) is 0.773. The van der Waals surface area contributed by atoms with Crippen LogP contribution in [0.2, 0.25) is 0 Å². The summed E-state index contributed by atoms with van der Waals surface area (Å²) < 4.78 is 26.9. The van der Waals surface area contributed by atoms with Crippen LogP contribution in [0.1, 0.15) is 24.2 Å². The Morgan fingerprint density at radius 2 is 1.72 bits per heavy atom. The predicted octanol–water partition coefficient (Wildman–Crippen LogP) is 3.68. The largest absolute Gasteiger partial charge is 0.354 e. The molecule has 0 atom stereocenters. The van der Waals surface area contributed by atoms with Gasteiger partial charge in [-0.2, -0.15) is 4.31 Å². The molecule has 0 saturated carbocycles. The number of nitrogens with one attached hydrogen (secondary N) is 1. The summed E-state index contributed by atoms with van der Waals surface area (Å²) in [5.41, 5.74) is 2.79. The van der Waals surface area contributed by atoms with Crippen molar-refractivity contribution in [3.63, 3.8) is 0 Å². The van der Waals surface area contributed by atoms with Gasteiger partial charge in [-0.15, -0.1) is 0 Å². The number of benzene rings is 2. The summed E-state index contributed by atoms with van der Waals surface area (Å²) in [6.45, 7) is 4.42. The van der Waals surface area contributed by atoms with Crippen molar-refractivity contribution in [2.45, 2.75) is 18.7 Å². The van der Waals surface area contributed by atoms with E-state index in [-0.39, 0.29) is 4.90 Å². The van der Waals surface area contributed by atoms with Crippen LogP contribution in [0.3, 0.4) is 0 Å². The van der Waals surface area contributed by atoms with Crippen molar-refractivity contribution in [2.75, 3.05) is 13.1 Å². The van der Waals surface area contributed by atoms with Gasteiger partial charge in [0.05, 0.1) is 10.6 Å². The minimum atomic E-state index is -3.57. The van der Waals surface area contributed by atoms with Crippen molar-refractivity contribution in [3.05, 3.63) is 54.1 Å². The Labute approximate surface area is 147 Å². The van der Waals surface area contributed by atoms with Crippen LogP contribution >= 0.6 is 0 Å². The van der Waals surface area contributed by atoms with Gasteiger partial charge in [-0.05, 0) is 23.8 Å². The van der Waals surface area contributed by atoms with Crippen LogP contribution in [-0.4, -0.2) is 37.1 Å². The molecule has 0 unspecified atom stereocenters. The highest BCUT2D eigenvalue weighted by atomic mass is 32.2. The number of hydrogen-bond acceptors (Lipinski definition) is 3. The fraction of sp³-hybridized carbons (Fsp3) is 0.211. The van der Waals surface area contributed by atoms with Crippen molar-refractivity contribution in [3.8, 4) is 11.3 Å². The molecule has 6 heteroatoms. The first-order valence-electron chi connectivity index (χ1n) is 8.19. The summed E-state index contributed by atoms with van der Waals surface area (Å²) in [5, 5.41) is 0.613.